The average molecular weight is 512 g/mol. The normalized spacial score (nSPS) is 15.1. The smallest absolute Gasteiger partial charge is 0.294 e. The van der Waals surface area contributed by atoms with Gasteiger partial charge in [0.25, 0.3) is 17.0 Å². The van der Waals surface area contributed by atoms with Gasteiger partial charge in [-0.1, -0.05) is 61.6 Å². The molecule has 1 unspecified atom stereocenters. The summed E-state index contributed by atoms with van der Waals surface area (Å²) in [5.74, 6) is -0.667. The quantitative estimate of drug-likeness (QED) is 0.380. The van der Waals surface area contributed by atoms with Crippen molar-refractivity contribution in [2.75, 3.05) is 11.2 Å². The number of carbonyl (C=O) groups excluding carboxylic acids is 1. The van der Waals surface area contributed by atoms with Crippen LogP contribution in [0.2, 0.25) is 10.0 Å². The summed E-state index contributed by atoms with van der Waals surface area (Å²) in [4.78, 5) is 18.4. The standard InChI is InChI=1S/C19H13BrCl2N4O2S/c1-9(27)25-14-7-6-10(20)8-12(14)16-17(28)23-19(29-2)24-26(16)18(25)11-4-3-5-13(21)15(11)22/h3-8,18H,1-2H3. The molecule has 2 heterocycles. The van der Waals surface area contributed by atoms with E-state index in [1.54, 1.807) is 41.5 Å². The summed E-state index contributed by atoms with van der Waals surface area (Å²) in [7, 11) is 0. The van der Waals surface area contributed by atoms with Crippen LogP contribution in [0.3, 0.4) is 0 Å². The van der Waals surface area contributed by atoms with E-state index in [4.69, 9.17) is 23.2 Å². The van der Waals surface area contributed by atoms with Gasteiger partial charge in [-0.05, 0) is 36.6 Å². The number of rotatable bonds is 2. The molecule has 0 spiro atoms. The molecule has 0 saturated heterocycles. The molecular formula is C19H13BrCl2N4O2S. The Balaban J connectivity index is 2.13. The van der Waals surface area contributed by atoms with E-state index in [0.29, 0.717) is 32.0 Å². The number of thioether (sulfide) groups is 1. The highest BCUT2D eigenvalue weighted by Gasteiger charge is 2.45. The number of amides is 1. The van der Waals surface area contributed by atoms with Gasteiger partial charge in [0.05, 0.1) is 32.7 Å². The molecule has 148 valence electrons. The van der Waals surface area contributed by atoms with Gasteiger partial charge in [-0.3, -0.25) is 4.79 Å². The van der Waals surface area contributed by atoms with Crippen molar-refractivity contribution >= 4 is 62.5 Å². The van der Waals surface area contributed by atoms with Gasteiger partial charge >= 0.3 is 0 Å². The fraction of sp³-hybridized carbons (Fsp3) is 0.158. The summed E-state index contributed by atoms with van der Waals surface area (Å²) in [6.45, 7) is 1.46. The third-order valence-electron chi connectivity index (χ3n) is 4.55. The molecule has 1 aliphatic rings. The molecule has 10 heteroatoms. The number of hydrogen-bond acceptors (Lipinski definition) is 5. The van der Waals surface area contributed by atoms with Crippen molar-refractivity contribution in [2.24, 2.45) is 0 Å². The van der Waals surface area contributed by atoms with Crippen molar-refractivity contribution < 1.29 is 14.6 Å². The Morgan fingerprint density at radius 3 is 2.76 bits per heavy atom. The molecule has 4 rings (SSSR count). The molecule has 1 aromatic heterocycles. The number of benzene rings is 2. The van der Waals surface area contributed by atoms with Crippen LogP contribution in [0.1, 0.15) is 18.7 Å². The predicted octanol–water partition coefficient (Wildman–Crippen LogP) is 4.21. The molecule has 0 bridgehead atoms. The Labute approximate surface area is 189 Å². The first-order valence-corrected chi connectivity index (χ1v) is 11.2. The van der Waals surface area contributed by atoms with Crippen molar-refractivity contribution in [3.8, 4) is 17.1 Å². The van der Waals surface area contributed by atoms with Gasteiger partial charge in [0, 0.05) is 16.5 Å². The number of fused-ring (bicyclic) bond motifs is 3. The van der Waals surface area contributed by atoms with Crippen molar-refractivity contribution in [2.45, 2.75) is 18.2 Å². The molecule has 6 nitrogen and oxygen atoms in total. The Morgan fingerprint density at radius 1 is 1.31 bits per heavy atom. The largest absolute Gasteiger partial charge is 0.854 e. The van der Waals surface area contributed by atoms with Gasteiger partial charge in [0.15, 0.2) is 0 Å². The van der Waals surface area contributed by atoms with Gasteiger partial charge in [0.1, 0.15) is 0 Å². The van der Waals surface area contributed by atoms with Gasteiger partial charge in [-0.15, -0.1) is 0 Å². The first-order chi connectivity index (χ1) is 13.8. The molecule has 3 aromatic rings. The number of nitrogens with zero attached hydrogens (tertiary/aromatic N) is 4. The lowest BCUT2D eigenvalue weighted by Crippen LogP contribution is -2.58. The fourth-order valence-electron chi connectivity index (χ4n) is 3.39. The minimum atomic E-state index is -0.788. The van der Waals surface area contributed by atoms with Crippen LogP contribution in [0.15, 0.2) is 46.0 Å². The average Bonchev–Trinajstić information content (AvgIpc) is 2.68. The Bertz CT molecular complexity index is 1160. The zero-order valence-corrected chi connectivity index (χ0v) is 19.1. The SMILES string of the molecule is CSc1nc([O-])c2[n+](n1)C(c1cccc(Cl)c1Cl)N(C(C)=O)c1ccc(Br)cc1-2. The number of aromatic nitrogens is 3. The third kappa shape index (κ3) is 3.38. The highest BCUT2D eigenvalue weighted by molar-refractivity contribution is 9.10. The van der Waals surface area contributed by atoms with Crippen LogP contribution in [0, 0.1) is 0 Å². The maximum Gasteiger partial charge on any atom is 0.294 e. The van der Waals surface area contributed by atoms with Crippen molar-refractivity contribution in [3.05, 3.63) is 56.5 Å². The van der Waals surface area contributed by atoms with E-state index < -0.39 is 12.0 Å². The zero-order valence-electron chi connectivity index (χ0n) is 15.2. The molecule has 29 heavy (non-hydrogen) atoms. The fourth-order valence-corrected chi connectivity index (χ4v) is 4.50. The molecule has 0 fully saturated rings. The van der Waals surface area contributed by atoms with Crippen molar-refractivity contribution in [1.82, 2.24) is 10.1 Å². The van der Waals surface area contributed by atoms with Crippen molar-refractivity contribution in [3.63, 3.8) is 0 Å². The Morgan fingerprint density at radius 2 is 2.07 bits per heavy atom. The van der Waals surface area contributed by atoms with E-state index in [9.17, 15) is 9.90 Å². The molecule has 2 aromatic carbocycles. The number of halogens is 3. The zero-order chi connectivity index (χ0) is 20.9. The predicted molar refractivity (Wildman–Crippen MR) is 114 cm³/mol. The molecular weight excluding hydrogens is 499 g/mol. The Hall–Kier alpha value is -1.87. The van der Waals surface area contributed by atoms with E-state index in [-0.39, 0.29) is 11.6 Å². The minimum Gasteiger partial charge on any atom is -0.854 e. The highest BCUT2D eigenvalue weighted by atomic mass is 79.9. The van der Waals surface area contributed by atoms with E-state index >= 15 is 0 Å². The summed E-state index contributed by atoms with van der Waals surface area (Å²) >= 11 is 17.4. The van der Waals surface area contributed by atoms with Gasteiger partial charge in [0.2, 0.25) is 5.91 Å². The van der Waals surface area contributed by atoms with Gasteiger partial charge in [-0.25, -0.2) is 9.88 Å². The van der Waals surface area contributed by atoms with E-state index in [1.807, 2.05) is 6.07 Å². The summed E-state index contributed by atoms with van der Waals surface area (Å²) < 4.78 is 2.27. The molecule has 1 amide bonds. The molecule has 0 radical (unpaired) electrons. The summed E-state index contributed by atoms with van der Waals surface area (Å²) in [6, 6.07) is 10.5. The van der Waals surface area contributed by atoms with E-state index in [1.165, 1.54) is 23.4 Å². The second kappa shape index (κ2) is 7.75. The molecule has 0 aliphatic carbocycles. The molecule has 0 N–H and O–H groups in total. The second-order valence-corrected chi connectivity index (χ2v) is 8.74. The first-order valence-electron chi connectivity index (χ1n) is 8.42. The van der Waals surface area contributed by atoms with E-state index in [2.05, 4.69) is 26.0 Å². The molecule has 1 aliphatic heterocycles. The van der Waals surface area contributed by atoms with Crippen LogP contribution in [0.4, 0.5) is 5.69 Å². The summed E-state index contributed by atoms with van der Waals surface area (Å²) in [5.41, 5.74) is 1.96. The van der Waals surface area contributed by atoms with Crippen LogP contribution >= 0.6 is 50.9 Å². The number of hydrogen-bond donors (Lipinski definition) is 0. The maximum atomic E-state index is 13.0. The minimum absolute atomic E-state index is 0.232. The first kappa shape index (κ1) is 20.4. The Kier molecular flexibility index (Phi) is 5.46. The van der Waals surface area contributed by atoms with Crippen LogP contribution in [-0.4, -0.2) is 22.2 Å². The third-order valence-corrected chi connectivity index (χ3v) is 6.42. The summed E-state index contributed by atoms with van der Waals surface area (Å²) in [5, 5.41) is 18.4. The van der Waals surface area contributed by atoms with Gasteiger partial charge in [-0.2, -0.15) is 0 Å². The van der Waals surface area contributed by atoms with E-state index in [0.717, 1.165) is 4.47 Å². The van der Waals surface area contributed by atoms with Crippen LogP contribution in [-0.2, 0) is 4.79 Å². The lowest BCUT2D eigenvalue weighted by Gasteiger charge is -2.33. The summed E-state index contributed by atoms with van der Waals surface area (Å²) in [6.07, 6.45) is 0.989. The second-order valence-electron chi connectivity index (χ2n) is 6.26. The van der Waals surface area contributed by atoms with Crippen LogP contribution in [0.5, 0.6) is 5.88 Å². The number of anilines is 1. The molecule has 1 atom stereocenters. The van der Waals surface area contributed by atoms with Crippen molar-refractivity contribution in [1.29, 1.82) is 0 Å². The van der Waals surface area contributed by atoms with Gasteiger partial charge < -0.3 is 5.11 Å². The van der Waals surface area contributed by atoms with Crippen LogP contribution < -0.4 is 14.7 Å². The lowest BCUT2D eigenvalue weighted by atomic mass is 10.0. The van der Waals surface area contributed by atoms with Crippen LogP contribution in [0.25, 0.3) is 11.3 Å². The number of carbonyl (C=O) groups is 1. The molecule has 0 saturated carbocycles. The monoisotopic (exact) mass is 510 g/mol. The highest BCUT2D eigenvalue weighted by Crippen LogP contribution is 2.43. The lowest BCUT2D eigenvalue weighted by molar-refractivity contribution is -0.764. The topological polar surface area (TPSA) is 73.0 Å². The maximum absolute atomic E-state index is 13.0.